The SMILES string of the molecule is Cc1nc(CC(C)C)[c]c(-c2ccc(CN)cc2)c1CC(=O)NC1CC1. The van der Waals surface area contributed by atoms with Crippen molar-refractivity contribution in [2.45, 2.75) is 59.0 Å². The van der Waals surface area contributed by atoms with E-state index in [9.17, 15) is 4.79 Å². The Morgan fingerprint density at radius 1 is 1.31 bits per heavy atom. The molecule has 4 heteroatoms. The first-order chi connectivity index (χ1) is 12.5. The van der Waals surface area contributed by atoms with Gasteiger partial charge in [0.1, 0.15) is 0 Å². The van der Waals surface area contributed by atoms with Gasteiger partial charge in [-0.25, -0.2) is 0 Å². The van der Waals surface area contributed by atoms with E-state index in [0.29, 0.717) is 24.9 Å². The Kier molecular flexibility index (Phi) is 5.72. The van der Waals surface area contributed by atoms with Gasteiger partial charge in [0.25, 0.3) is 0 Å². The molecule has 1 radical (unpaired) electrons. The molecule has 0 spiro atoms. The molecule has 0 bridgehead atoms. The molecule has 137 valence electrons. The highest BCUT2D eigenvalue weighted by Crippen LogP contribution is 2.28. The number of amides is 1. The molecule has 1 saturated carbocycles. The molecule has 0 aliphatic heterocycles. The zero-order valence-electron chi connectivity index (χ0n) is 15.9. The van der Waals surface area contributed by atoms with Gasteiger partial charge < -0.3 is 11.1 Å². The number of nitrogens with one attached hydrogen (secondary N) is 1. The number of hydrogen-bond donors (Lipinski definition) is 2. The molecule has 0 unspecified atom stereocenters. The van der Waals surface area contributed by atoms with Crippen molar-refractivity contribution in [2.24, 2.45) is 11.7 Å². The number of carbonyl (C=O) groups is 1. The third kappa shape index (κ3) is 4.70. The highest BCUT2D eigenvalue weighted by molar-refractivity contribution is 5.82. The maximum Gasteiger partial charge on any atom is 0.224 e. The van der Waals surface area contributed by atoms with Crippen LogP contribution in [0.3, 0.4) is 0 Å². The smallest absolute Gasteiger partial charge is 0.224 e. The van der Waals surface area contributed by atoms with Crippen molar-refractivity contribution in [2.75, 3.05) is 0 Å². The molecule has 1 aromatic heterocycles. The Labute approximate surface area is 156 Å². The van der Waals surface area contributed by atoms with Crippen molar-refractivity contribution in [1.29, 1.82) is 0 Å². The molecule has 3 N–H and O–H groups in total. The molecule has 0 saturated heterocycles. The second kappa shape index (κ2) is 8.00. The van der Waals surface area contributed by atoms with E-state index in [1.807, 2.05) is 19.1 Å². The second-order valence-corrected chi connectivity index (χ2v) is 7.64. The Hall–Kier alpha value is -2.20. The fraction of sp³-hybridized carbons (Fsp3) is 0.455. The van der Waals surface area contributed by atoms with E-state index >= 15 is 0 Å². The van der Waals surface area contributed by atoms with Crippen LogP contribution in [0.2, 0.25) is 0 Å². The van der Waals surface area contributed by atoms with Gasteiger partial charge in [0.2, 0.25) is 5.91 Å². The first-order valence-electron chi connectivity index (χ1n) is 9.46. The van der Waals surface area contributed by atoms with Crippen LogP contribution in [-0.4, -0.2) is 16.9 Å². The zero-order chi connectivity index (χ0) is 18.7. The number of benzene rings is 1. The van der Waals surface area contributed by atoms with E-state index in [4.69, 9.17) is 10.7 Å². The summed E-state index contributed by atoms with van der Waals surface area (Å²) in [5.74, 6) is 0.580. The van der Waals surface area contributed by atoms with E-state index in [2.05, 4.69) is 37.4 Å². The summed E-state index contributed by atoms with van der Waals surface area (Å²) in [6.07, 6.45) is 3.41. The van der Waals surface area contributed by atoms with Crippen LogP contribution in [-0.2, 0) is 24.2 Å². The number of aromatic nitrogens is 1. The molecule has 1 aliphatic carbocycles. The summed E-state index contributed by atoms with van der Waals surface area (Å²) in [4.78, 5) is 17.1. The molecule has 0 atom stereocenters. The predicted molar refractivity (Wildman–Crippen MR) is 105 cm³/mol. The van der Waals surface area contributed by atoms with Crippen LogP contribution in [0.25, 0.3) is 11.1 Å². The average molecular weight is 350 g/mol. The molecule has 26 heavy (non-hydrogen) atoms. The molecule has 1 aliphatic rings. The van der Waals surface area contributed by atoms with Gasteiger partial charge in [-0.2, -0.15) is 0 Å². The monoisotopic (exact) mass is 350 g/mol. The number of nitrogens with zero attached hydrogens (tertiary/aromatic N) is 1. The van der Waals surface area contributed by atoms with Crippen LogP contribution in [0.15, 0.2) is 24.3 Å². The molecular weight excluding hydrogens is 322 g/mol. The standard InChI is InChI=1S/C22H28N3O/c1-14(2)10-19-11-21(17-6-4-16(13-23)5-7-17)20(15(3)24-19)12-22(26)25-18-8-9-18/h4-7,14,18H,8-10,12-13,23H2,1-3H3,(H,25,26). The van der Waals surface area contributed by atoms with Crippen LogP contribution >= 0.6 is 0 Å². The molecule has 1 aromatic carbocycles. The lowest BCUT2D eigenvalue weighted by molar-refractivity contribution is -0.120. The normalized spacial score (nSPS) is 13.9. The first kappa shape index (κ1) is 18.6. The lowest BCUT2D eigenvalue weighted by atomic mass is 9.93. The molecular formula is C22H28N3O. The number of carbonyl (C=O) groups excluding carboxylic acids is 1. The van der Waals surface area contributed by atoms with Crippen LogP contribution in [0.4, 0.5) is 0 Å². The largest absolute Gasteiger partial charge is 0.353 e. The van der Waals surface area contributed by atoms with Gasteiger partial charge in [-0.1, -0.05) is 38.1 Å². The van der Waals surface area contributed by atoms with Gasteiger partial charge in [-0.05, 0) is 54.4 Å². The topological polar surface area (TPSA) is 68.0 Å². The number of pyridine rings is 1. The summed E-state index contributed by atoms with van der Waals surface area (Å²) in [5.41, 5.74) is 11.7. The number of nitrogens with two attached hydrogens (primary N) is 1. The van der Waals surface area contributed by atoms with Crippen molar-refractivity contribution < 1.29 is 4.79 Å². The number of hydrogen-bond acceptors (Lipinski definition) is 3. The van der Waals surface area contributed by atoms with Gasteiger partial charge in [0.15, 0.2) is 0 Å². The quantitative estimate of drug-likeness (QED) is 0.805. The van der Waals surface area contributed by atoms with E-state index in [1.165, 1.54) is 0 Å². The van der Waals surface area contributed by atoms with Gasteiger partial charge in [0, 0.05) is 30.0 Å². The van der Waals surface area contributed by atoms with Crippen molar-refractivity contribution >= 4 is 5.91 Å². The third-order valence-corrected chi connectivity index (χ3v) is 4.67. The summed E-state index contributed by atoms with van der Waals surface area (Å²) in [7, 11) is 0. The van der Waals surface area contributed by atoms with Crippen LogP contribution in [0, 0.1) is 18.9 Å². The Morgan fingerprint density at radius 2 is 2.00 bits per heavy atom. The predicted octanol–water partition coefficient (Wildman–Crippen LogP) is 3.34. The Bertz CT molecular complexity index is 777. The van der Waals surface area contributed by atoms with Gasteiger partial charge >= 0.3 is 0 Å². The van der Waals surface area contributed by atoms with E-state index < -0.39 is 0 Å². The van der Waals surface area contributed by atoms with Crippen LogP contribution in [0.5, 0.6) is 0 Å². The van der Waals surface area contributed by atoms with Gasteiger partial charge in [0.05, 0.1) is 6.42 Å². The minimum Gasteiger partial charge on any atom is -0.353 e. The van der Waals surface area contributed by atoms with E-state index in [0.717, 1.165) is 52.9 Å². The van der Waals surface area contributed by atoms with Crippen molar-refractivity contribution in [1.82, 2.24) is 10.3 Å². The van der Waals surface area contributed by atoms with E-state index in [-0.39, 0.29) is 5.91 Å². The first-order valence-corrected chi connectivity index (χ1v) is 9.46. The maximum absolute atomic E-state index is 12.4. The molecule has 2 aromatic rings. The number of aryl methyl sites for hydroxylation is 1. The summed E-state index contributed by atoms with van der Waals surface area (Å²) in [6.45, 7) is 6.87. The Morgan fingerprint density at radius 3 is 2.58 bits per heavy atom. The van der Waals surface area contributed by atoms with Crippen LogP contribution in [0.1, 0.15) is 49.2 Å². The van der Waals surface area contributed by atoms with Gasteiger partial charge in [-0.15, -0.1) is 0 Å². The second-order valence-electron chi connectivity index (χ2n) is 7.64. The molecule has 1 amide bonds. The number of rotatable bonds is 7. The van der Waals surface area contributed by atoms with Gasteiger partial charge in [-0.3, -0.25) is 9.78 Å². The summed E-state index contributed by atoms with van der Waals surface area (Å²) in [6, 6.07) is 12.1. The zero-order valence-corrected chi connectivity index (χ0v) is 15.9. The van der Waals surface area contributed by atoms with Crippen molar-refractivity contribution in [3.63, 3.8) is 0 Å². The van der Waals surface area contributed by atoms with Crippen LogP contribution < -0.4 is 11.1 Å². The fourth-order valence-electron chi connectivity index (χ4n) is 3.12. The highest BCUT2D eigenvalue weighted by Gasteiger charge is 2.24. The molecule has 1 fully saturated rings. The Balaban J connectivity index is 1.97. The average Bonchev–Trinajstić information content (AvgIpc) is 3.40. The summed E-state index contributed by atoms with van der Waals surface area (Å²) in [5, 5.41) is 3.08. The lowest BCUT2D eigenvalue weighted by Crippen LogP contribution is -2.27. The molecule has 3 rings (SSSR count). The fourth-order valence-corrected chi connectivity index (χ4v) is 3.12. The van der Waals surface area contributed by atoms with Crippen molar-refractivity contribution in [3.05, 3.63) is 52.8 Å². The minimum atomic E-state index is 0.0715. The highest BCUT2D eigenvalue weighted by atomic mass is 16.1. The summed E-state index contributed by atoms with van der Waals surface area (Å²) < 4.78 is 0. The third-order valence-electron chi connectivity index (χ3n) is 4.67. The van der Waals surface area contributed by atoms with E-state index in [1.54, 1.807) is 0 Å². The lowest BCUT2D eigenvalue weighted by Gasteiger charge is -2.16. The molecule has 4 nitrogen and oxygen atoms in total. The molecule has 1 heterocycles. The summed E-state index contributed by atoms with van der Waals surface area (Å²) >= 11 is 0. The van der Waals surface area contributed by atoms with Crippen molar-refractivity contribution in [3.8, 4) is 11.1 Å². The minimum absolute atomic E-state index is 0.0715. The maximum atomic E-state index is 12.4.